The molecule has 0 fully saturated rings. The summed E-state index contributed by atoms with van der Waals surface area (Å²) in [6.07, 6.45) is 0.820. The molecule has 0 spiro atoms. The molecular formula is C15H14FNO2. The highest BCUT2D eigenvalue weighted by atomic mass is 19.1. The molecule has 0 bridgehead atoms. The van der Waals surface area contributed by atoms with Crippen molar-refractivity contribution < 1.29 is 14.3 Å². The quantitative estimate of drug-likeness (QED) is 0.867. The number of rotatable bonds is 5. The van der Waals surface area contributed by atoms with Crippen molar-refractivity contribution in [2.75, 3.05) is 11.9 Å². The molecule has 2 rings (SSSR count). The van der Waals surface area contributed by atoms with Crippen LogP contribution >= 0.6 is 0 Å². The summed E-state index contributed by atoms with van der Waals surface area (Å²) in [7, 11) is 0. The highest BCUT2D eigenvalue weighted by Crippen LogP contribution is 2.15. The Morgan fingerprint density at radius 3 is 2.58 bits per heavy atom. The predicted molar refractivity (Wildman–Crippen MR) is 72.0 cm³/mol. The van der Waals surface area contributed by atoms with Crippen LogP contribution in [0.4, 0.5) is 10.1 Å². The smallest absolute Gasteiger partial charge is 0.338 e. The van der Waals surface area contributed by atoms with Gasteiger partial charge >= 0.3 is 5.97 Å². The van der Waals surface area contributed by atoms with E-state index in [4.69, 9.17) is 5.11 Å². The van der Waals surface area contributed by atoms with Gasteiger partial charge in [-0.25, -0.2) is 9.18 Å². The van der Waals surface area contributed by atoms with Crippen LogP contribution in [0, 0.1) is 5.82 Å². The number of aromatic carboxylic acids is 1. The fourth-order valence-corrected chi connectivity index (χ4v) is 1.79. The molecule has 0 radical (unpaired) electrons. The molecule has 2 aromatic carbocycles. The van der Waals surface area contributed by atoms with Crippen molar-refractivity contribution in [1.29, 1.82) is 0 Å². The van der Waals surface area contributed by atoms with Crippen LogP contribution in [-0.4, -0.2) is 17.6 Å². The number of benzene rings is 2. The van der Waals surface area contributed by atoms with Crippen LogP contribution in [-0.2, 0) is 6.42 Å². The molecule has 0 unspecified atom stereocenters. The summed E-state index contributed by atoms with van der Waals surface area (Å²) in [6.45, 7) is 0.661. The summed E-state index contributed by atoms with van der Waals surface area (Å²) in [5, 5.41) is 11.9. The van der Waals surface area contributed by atoms with Gasteiger partial charge < -0.3 is 10.4 Å². The number of halogens is 1. The molecule has 19 heavy (non-hydrogen) atoms. The monoisotopic (exact) mass is 259 g/mol. The van der Waals surface area contributed by atoms with E-state index in [-0.39, 0.29) is 5.56 Å². The summed E-state index contributed by atoms with van der Waals surface area (Å²) in [4.78, 5) is 10.8. The molecule has 2 aromatic rings. The Morgan fingerprint density at radius 2 is 1.89 bits per heavy atom. The maximum atomic E-state index is 13.2. The van der Waals surface area contributed by atoms with Crippen molar-refractivity contribution in [3.05, 3.63) is 65.5 Å². The fourth-order valence-electron chi connectivity index (χ4n) is 1.79. The van der Waals surface area contributed by atoms with E-state index in [0.717, 1.165) is 12.5 Å². The minimum Gasteiger partial charge on any atom is -0.478 e. The number of nitrogens with one attached hydrogen (secondary N) is 1. The molecule has 0 aromatic heterocycles. The number of anilines is 1. The minimum atomic E-state index is -1.26. The summed E-state index contributed by atoms with van der Waals surface area (Å²) in [5.74, 6) is -1.98. The van der Waals surface area contributed by atoms with Crippen molar-refractivity contribution in [3.63, 3.8) is 0 Å². The molecule has 0 atom stereocenters. The van der Waals surface area contributed by atoms with Crippen molar-refractivity contribution in [1.82, 2.24) is 0 Å². The molecular weight excluding hydrogens is 245 g/mol. The summed E-state index contributed by atoms with van der Waals surface area (Å²) >= 11 is 0. The van der Waals surface area contributed by atoms with Crippen LogP contribution < -0.4 is 5.32 Å². The molecule has 98 valence electrons. The third-order valence-electron chi connectivity index (χ3n) is 2.78. The number of carboxylic acid groups (broad SMARTS) is 1. The lowest BCUT2D eigenvalue weighted by atomic mass is 10.1. The fraction of sp³-hybridized carbons (Fsp3) is 0.133. The second-order valence-electron chi connectivity index (χ2n) is 4.16. The van der Waals surface area contributed by atoms with Gasteiger partial charge in [-0.2, -0.15) is 0 Å². The van der Waals surface area contributed by atoms with Gasteiger partial charge in [0.25, 0.3) is 0 Å². The molecule has 2 N–H and O–H groups in total. The SMILES string of the molecule is O=C(O)c1cc(NCCc2ccccc2)ccc1F. The first-order valence-electron chi connectivity index (χ1n) is 5.97. The van der Waals surface area contributed by atoms with Crippen LogP contribution in [0.25, 0.3) is 0 Å². The number of carbonyl (C=O) groups is 1. The van der Waals surface area contributed by atoms with Crippen molar-refractivity contribution in [3.8, 4) is 0 Å². The molecule has 3 nitrogen and oxygen atoms in total. The van der Waals surface area contributed by atoms with E-state index in [0.29, 0.717) is 12.2 Å². The predicted octanol–water partition coefficient (Wildman–Crippen LogP) is 3.18. The average Bonchev–Trinajstić information content (AvgIpc) is 2.41. The Hall–Kier alpha value is -2.36. The van der Waals surface area contributed by atoms with Gasteiger partial charge in [0, 0.05) is 12.2 Å². The molecule has 0 aliphatic heterocycles. The van der Waals surface area contributed by atoms with Gasteiger partial charge in [-0.15, -0.1) is 0 Å². The van der Waals surface area contributed by atoms with Crippen LogP contribution in [0.2, 0.25) is 0 Å². The normalized spacial score (nSPS) is 10.2. The number of hydrogen-bond acceptors (Lipinski definition) is 2. The summed E-state index contributed by atoms with van der Waals surface area (Å²) < 4.78 is 13.2. The lowest BCUT2D eigenvalue weighted by Gasteiger charge is -2.07. The number of hydrogen-bond donors (Lipinski definition) is 2. The first kappa shape index (κ1) is 13.1. The van der Waals surface area contributed by atoms with Crippen LogP contribution in [0.1, 0.15) is 15.9 Å². The van der Waals surface area contributed by atoms with E-state index in [9.17, 15) is 9.18 Å². The van der Waals surface area contributed by atoms with E-state index >= 15 is 0 Å². The third-order valence-corrected chi connectivity index (χ3v) is 2.78. The largest absolute Gasteiger partial charge is 0.478 e. The van der Waals surface area contributed by atoms with Gasteiger partial charge in [-0.1, -0.05) is 30.3 Å². The van der Waals surface area contributed by atoms with Gasteiger partial charge in [0.1, 0.15) is 5.82 Å². The maximum absolute atomic E-state index is 13.2. The van der Waals surface area contributed by atoms with Crippen LogP contribution in [0.15, 0.2) is 48.5 Å². The van der Waals surface area contributed by atoms with Crippen molar-refractivity contribution in [2.45, 2.75) is 6.42 Å². The van der Waals surface area contributed by atoms with Crippen LogP contribution in [0.5, 0.6) is 0 Å². The second kappa shape index (κ2) is 6.00. The Bertz CT molecular complexity index is 570. The molecule has 0 amide bonds. The van der Waals surface area contributed by atoms with E-state index in [1.165, 1.54) is 17.7 Å². The van der Waals surface area contributed by atoms with E-state index in [2.05, 4.69) is 5.32 Å². The van der Waals surface area contributed by atoms with Gasteiger partial charge in [0.15, 0.2) is 0 Å². The molecule has 0 heterocycles. The van der Waals surface area contributed by atoms with Crippen LogP contribution in [0.3, 0.4) is 0 Å². The molecule has 0 aliphatic rings. The summed E-state index contributed by atoms with van der Waals surface area (Å²) in [6, 6.07) is 13.9. The van der Waals surface area contributed by atoms with E-state index < -0.39 is 11.8 Å². The van der Waals surface area contributed by atoms with Crippen molar-refractivity contribution >= 4 is 11.7 Å². The Balaban J connectivity index is 1.97. The number of carboxylic acids is 1. The van der Waals surface area contributed by atoms with Gasteiger partial charge in [-0.3, -0.25) is 0 Å². The minimum absolute atomic E-state index is 0.315. The zero-order chi connectivity index (χ0) is 13.7. The van der Waals surface area contributed by atoms with E-state index in [1.54, 1.807) is 0 Å². The first-order chi connectivity index (χ1) is 9.16. The zero-order valence-electron chi connectivity index (χ0n) is 10.3. The average molecular weight is 259 g/mol. The second-order valence-corrected chi connectivity index (χ2v) is 4.16. The first-order valence-corrected chi connectivity index (χ1v) is 5.97. The lowest BCUT2D eigenvalue weighted by molar-refractivity contribution is 0.0692. The molecule has 0 aliphatic carbocycles. The lowest BCUT2D eigenvalue weighted by Crippen LogP contribution is -2.07. The topological polar surface area (TPSA) is 49.3 Å². The molecule has 0 saturated heterocycles. The Kier molecular flexibility index (Phi) is 4.13. The summed E-state index contributed by atoms with van der Waals surface area (Å²) in [5.41, 5.74) is 1.48. The Morgan fingerprint density at radius 1 is 1.16 bits per heavy atom. The van der Waals surface area contributed by atoms with Gasteiger partial charge in [0.05, 0.1) is 5.56 Å². The standard InChI is InChI=1S/C15H14FNO2/c16-14-7-6-12(10-13(14)15(18)19)17-9-8-11-4-2-1-3-5-11/h1-7,10,17H,8-9H2,(H,18,19). The maximum Gasteiger partial charge on any atom is 0.338 e. The van der Waals surface area contributed by atoms with Gasteiger partial charge in [-0.05, 0) is 30.2 Å². The van der Waals surface area contributed by atoms with E-state index in [1.807, 2.05) is 30.3 Å². The highest BCUT2D eigenvalue weighted by Gasteiger charge is 2.10. The molecule has 4 heteroatoms. The van der Waals surface area contributed by atoms with Crippen molar-refractivity contribution in [2.24, 2.45) is 0 Å². The molecule has 0 saturated carbocycles. The third kappa shape index (κ3) is 3.55. The zero-order valence-corrected chi connectivity index (χ0v) is 10.3. The highest BCUT2D eigenvalue weighted by molar-refractivity contribution is 5.89. The van der Waals surface area contributed by atoms with Gasteiger partial charge in [0.2, 0.25) is 0 Å². The Labute approximate surface area is 110 Å².